The quantitative estimate of drug-likeness (QED) is 0.0185. The Labute approximate surface area is 777 Å². The summed E-state index contributed by atoms with van der Waals surface area (Å²) in [6.45, 7) is 24.2. The molecule has 0 spiro atoms. The molecule has 2 aliphatic rings. The summed E-state index contributed by atoms with van der Waals surface area (Å²) in [5, 5.41) is 15.4. The summed E-state index contributed by atoms with van der Waals surface area (Å²) in [5.74, 6) is -1.04. The van der Waals surface area contributed by atoms with Crippen LogP contribution >= 0.6 is 0 Å². The SMILES string of the molecule is COC(=O)CCC(=O)NC1CC(C)(C)N(C)C(C)(C)C1.COCCOC(=O)CCNCCC[Si](OC)(OC)OC.COCCOC(=O)CCNCCC[Si](OC)(OC)OC.CO[Si](CCCN)(OC)OC.CO[Si](CCCN)(OC)OC.CO[Si](CCCN)(OC)OC.CO[Si](CCCNC(=O)CCC(=O)NC1CC(C)(C)N(C)C(C)(C)C1)(OC)OC.O=[Si]=O.O=[Si]=O. The number of hydrogen-bond donors (Lipinski definition) is 8. The van der Waals surface area contributed by atoms with Crippen LogP contribution in [-0.4, -0.2) is 393 Å². The van der Waals surface area contributed by atoms with E-state index in [9.17, 15) is 28.8 Å². The van der Waals surface area contributed by atoms with E-state index in [4.69, 9.17) is 134 Å². The number of amides is 3. The van der Waals surface area contributed by atoms with Crippen LogP contribution in [0.3, 0.4) is 0 Å². The molecule has 0 atom stereocenters. The molecule has 2 saturated heterocycles. The number of methoxy groups -OCH3 is 3. The molecule has 0 aromatic rings. The van der Waals surface area contributed by atoms with Gasteiger partial charge in [0.25, 0.3) is 0 Å². The maximum Gasteiger partial charge on any atom is 0.549 e. The van der Waals surface area contributed by atoms with Gasteiger partial charge in [0, 0.05) is 252 Å². The van der Waals surface area contributed by atoms with Gasteiger partial charge in [-0.05, 0) is 166 Å². The first-order chi connectivity index (χ1) is 60.3. The molecule has 11 N–H and O–H groups in total. The second-order valence-corrected chi connectivity index (χ2v) is 49.9. The summed E-state index contributed by atoms with van der Waals surface area (Å²) in [6, 6.07) is 4.73. The number of carbonyl (C=O) groups excluding carboxylic acids is 6. The van der Waals surface area contributed by atoms with Crippen LogP contribution in [0.4, 0.5) is 0 Å². The van der Waals surface area contributed by atoms with Crippen molar-refractivity contribution in [2.75, 3.05) is 242 Å². The van der Waals surface area contributed by atoms with Crippen molar-refractivity contribution in [2.24, 2.45) is 17.2 Å². The van der Waals surface area contributed by atoms with Gasteiger partial charge in [-0.25, -0.2) is 0 Å². The third-order valence-corrected chi connectivity index (χ3v) is 38.1. The molecule has 2 fully saturated rings. The second kappa shape index (κ2) is 82.0. The van der Waals surface area contributed by atoms with E-state index >= 15 is 0 Å². The zero-order chi connectivity index (χ0) is 100. The Kier molecular flexibility index (Phi) is 88.2. The van der Waals surface area contributed by atoms with Gasteiger partial charge in [0.15, 0.2) is 0 Å². The van der Waals surface area contributed by atoms with Crippen LogP contribution in [0.15, 0.2) is 0 Å². The van der Waals surface area contributed by atoms with Gasteiger partial charge in [0.05, 0.1) is 39.6 Å². The molecule has 128 heavy (non-hydrogen) atoms. The molecular weight excluding hydrogens is 1820 g/mol. The lowest BCUT2D eigenvalue weighted by Crippen LogP contribution is -2.62. The number of nitrogens with two attached hydrogens (primary N) is 3. The van der Waals surface area contributed by atoms with Gasteiger partial charge in [-0.2, -0.15) is 0 Å². The average molecular weight is 1990 g/mol. The summed E-state index contributed by atoms with van der Waals surface area (Å²) in [7, 11) is 20.2. The van der Waals surface area contributed by atoms with E-state index in [1.807, 2.05) is 0 Å². The largest absolute Gasteiger partial charge is 0.549 e. The van der Waals surface area contributed by atoms with Crippen molar-refractivity contribution in [1.29, 1.82) is 0 Å². The van der Waals surface area contributed by atoms with Crippen LogP contribution < -0.4 is 43.8 Å². The minimum absolute atomic E-state index is 0.0161. The molecule has 762 valence electrons. The van der Waals surface area contributed by atoms with Crippen molar-refractivity contribution >= 4 is 107 Å². The molecule has 0 bridgehead atoms. The van der Waals surface area contributed by atoms with E-state index in [1.54, 1.807) is 142 Å². The van der Waals surface area contributed by atoms with Gasteiger partial charge in [0.2, 0.25) is 17.7 Å². The number of ether oxygens (including phenoxy) is 5. The summed E-state index contributed by atoms with van der Waals surface area (Å²) in [5.41, 5.74) is 16.2. The van der Waals surface area contributed by atoms with Crippen molar-refractivity contribution in [2.45, 2.75) is 229 Å². The van der Waals surface area contributed by atoms with E-state index in [0.717, 1.165) is 101 Å². The molecule has 2 aliphatic heterocycles. The van der Waals surface area contributed by atoms with Crippen molar-refractivity contribution in [1.82, 2.24) is 36.4 Å². The van der Waals surface area contributed by atoms with Crippen molar-refractivity contribution in [3.05, 3.63) is 0 Å². The molecule has 0 aromatic heterocycles. The third-order valence-electron chi connectivity index (χ3n) is 21.1. The summed E-state index contributed by atoms with van der Waals surface area (Å²) < 4.78 is 152. The maximum atomic E-state index is 12.3. The minimum Gasteiger partial charge on any atom is -0.469 e. The fourth-order valence-electron chi connectivity index (χ4n) is 13.1. The Balaban J connectivity index is -0.000000271. The Morgan fingerprint density at radius 3 is 0.750 bits per heavy atom. The van der Waals surface area contributed by atoms with Crippen LogP contribution in [-0.2, 0) is 150 Å². The van der Waals surface area contributed by atoms with Gasteiger partial charge >= 0.3 is 89.3 Å². The van der Waals surface area contributed by atoms with Crippen molar-refractivity contribution in [3.8, 4) is 0 Å². The van der Waals surface area contributed by atoms with E-state index in [0.29, 0.717) is 91.0 Å². The van der Waals surface area contributed by atoms with Crippen LogP contribution in [0.2, 0.25) is 36.3 Å². The lowest BCUT2D eigenvalue weighted by Gasteiger charge is -2.53. The monoisotopic (exact) mass is 1990 g/mol. The molecule has 0 radical (unpaired) electrons. The summed E-state index contributed by atoms with van der Waals surface area (Å²) in [4.78, 5) is 74.6. The first kappa shape index (κ1) is 138. The second-order valence-electron chi connectivity index (χ2n) is 31.0. The topological polar surface area (TPSA) is 528 Å². The Hall–Kier alpha value is -3.32. The van der Waals surface area contributed by atoms with Gasteiger partial charge < -0.3 is 147 Å². The number of piperidine rings is 2. The van der Waals surface area contributed by atoms with Gasteiger partial charge in [-0.3, -0.25) is 56.4 Å². The van der Waals surface area contributed by atoms with Crippen LogP contribution in [0.5, 0.6) is 0 Å². The van der Waals surface area contributed by atoms with Gasteiger partial charge in [0.1, 0.15) is 13.2 Å². The van der Waals surface area contributed by atoms with E-state index in [2.05, 4.69) is 111 Å². The highest BCUT2D eigenvalue weighted by atomic mass is 28.4. The molecule has 51 heteroatoms. The molecule has 3 amide bonds. The maximum absolute atomic E-state index is 12.3. The molecule has 2 rings (SSSR count). The van der Waals surface area contributed by atoms with E-state index < -0.39 is 71.4 Å². The van der Waals surface area contributed by atoms with Crippen LogP contribution in [0.1, 0.15) is 158 Å². The van der Waals surface area contributed by atoms with Crippen LogP contribution in [0.25, 0.3) is 0 Å². The smallest absolute Gasteiger partial charge is 0.469 e. The highest BCUT2D eigenvalue weighted by Crippen LogP contribution is 2.38. The first-order valence-electron chi connectivity index (χ1n) is 42.5. The van der Waals surface area contributed by atoms with E-state index in [1.165, 1.54) is 7.11 Å². The Bertz CT molecular complexity index is 2620. The lowest BCUT2D eigenvalue weighted by molar-refractivity contribution is -0.145. The predicted molar refractivity (Wildman–Crippen MR) is 497 cm³/mol. The fourth-order valence-corrected chi connectivity index (χ4v) is 23.5. The zero-order valence-corrected chi connectivity index (χ0v) is 91.8. The Morgan fingerprint density at radius 1 is 0.312 bits per heavy atom. The van der Waals surface area contributed by atoms with Crippen LogP contribution in [0, 0.1) is 0 Å². The number of nitrogens with one attached hydrogen (secondary N) is 5. The lowest BCUT2D eigenvalue weighted by atomic mass is 9.77. The fraction of sp³-hybridized carbons (Fsp3) is 0.922. The minimum atomic E-state index is -2.60. The molecular formula is C77H174N10O33Si8. The molecule has 43 nitrogen and oxygen atoms in total. The summed E-state index contributed by atoms with van der Waals surface area (Å²) in [6.07, 6.45) is 10.1. The van der Waals surface area contributed by atoms with Gasteiger partial charge in [-0.1, -0.05) is 0 Å². The number of rotatable bonds is 59. The highest BCUT2D eigenvalue weighted by molar-refractivity contribution is 6.62. The molecule has 2 heterocycles. The zero-order valence-electron chi connectivity index (χ0n) is 83.8. The normalized spacial score (nSPS) is 14.8. The third kappa shape index (κ3) is 64.6. The van der Waals surface area contributed by atoms with Gasteiger partial charge in [-0.15, -0.1) is 0 Å². The number of likely N-dealkylation sites (tertiary alicyclic amines) is 2. The summed E-state index contributed by atoms with van der Waals surface area (Å²) >= 11 is 0. The molecule has 0 unspecified atom stereocenters. The number of carbonyl (C=O) groups is 6. The molecule has 0 aliphatic carbocycles. The first-order valence-corrected chi connectivity index (χ1v) is 55.7. The number of nitrogens with zero attached hydrogens (tertiary/aromatic N) is 2. The van der Waals surface area contributed by atoms with Crippen molar-refractivity contribution < 1.29 is 150 Å². The average Bonchev–Trinajstić information content (AvgIpc) is 0.783. The molecule has 0 aromatic carbocycles. The Morgan fingerprint density at radius 2 is 0.531 bits per heavy atom. The number of hydrogen-bond acceptors (Lipinski definition) is 40. The van der Waals surface area contributed by atoms with Crippen molar-refractivity contribution in [3.63, 3.8) is 0 Å². The predicted octanol–water partition coefficient (Wildman–Crippen LogP) is 3.88. The molecule has 0 saturated carbocycles. The highest BCUT2D eigenvalue weighted by Gasteiger charge is 2.46. The number of esters is 3. The van der Waals surface area contributed by atoms with E-state index in [-0.39, 0.29) is 95.6 Å². The standard InChI is InChI=1S/C20H41N3O5Si.C15H28N2O3.2C12H27NO6Si.3C6H17NO3Si.2O2Si/c1-19(2)14-16(15-20(3,4)23(19)5)22-18(25)11-10-17(24)21-12-9-13-29(26-6,27-7)28-8;1-14(2)9-11(10-15(3,4)17(14)5)16-12(18)7-8-13(19)20-6;2*1-15-9-10-19-12(14)6-8-13-7-5-11-20(16-2,17-3)18-4;3*1-8-11(9-2,10-3)6-4-5-7;2*1-3-2/h16H,9-15H2,1-8H3,(H,21,24)(H,22,25);11H,7-10H2,1-6H3,(H,16,18);2*13H,5-11H2,1-4H3;3*4-7H2,1-3H3;;.